The van der Waals surface area contributed by atoms with Crippen molar-refractivity contribution in [2.24, 2.45) is 11.8 Å². The maximum absolute atomic E-state index is 12.8. The number of Topliss-reactive ketones (excluding diaryl/α,β-unsaturated/α-hetero) is 1. The molecule has 2 aliphatic heterocycles. The first-order chi connectivity index (χ1) is 12.9. The summed E-state index contributed by atoms with van der Waals surface area (Å²) < 4.78 is 10.4. The highest BCUT2D eigenvalue weighted by molar-refractivity contribution is 6.23. The maximum atomic E-state index is 12.8. The van der Waals surface area contributed by atoms with Crippen molar-refractivity contribution in [1.29, 1.82) is 0 Å². The van der Waals surface area contributed by atoms with Crippen LogP contribution in [-0.2, 0) is 23.9 Å². The summed E-state index contributed by atoms with van der Waals surface area (Å²) in [6.45, 7) is 3.85. The molecule has 0 saturated carbocycles. The number of carbonyl (C=O) groups excluding carboxylic acids is 3. The van der Waals surface area contributed by atoms with Crippen molar-refractivity contribution in [3.8, 4) is 0 Å². The van der Waals surface area contributed by atoms with Crippen LogP contribution in [0.3, 0.4) is 0 Å². The molecule has 3 aliphatic rings. The number of unbranched alkanes of at least 4 members (excludes halogenated alkanes) is 6. The summed E-state index contributed by atoms with van der Waals surface area (Å²) in [5, 5.41) is 10.7. The molecule has 1 saturated heterocycles. The number of fused-ring (bicyclic) bond motifs is 1. The Morgan fingerprint density at radius 1 is 1.11 bits per heavy atom. The van der Waals surface area contributed by atoms with E-state index >= 15 is 0 Å². The lowest BCUT2D eigenvalue weighted by atomic mass is 9.68. The largest absolute Gasteiger partial charge is 0.457 e. The van der Waals surface area contributed by atoms with Crippen LogP contribution in [0, 0.1) is 11.8 Å². The molecule has 0 bridgehead atoms. The molecule has 1 fully saturated rings. The van der Waals surface area contributed by atoms with Crippen LogP contribution in [0.15, 0.2) is 11.1 Å². The third-order valence-corrected chi connectivity index (χ3v) is 6.32. The monoisotopic (exact) mass is 378 g/mol. The zero-order valence-corrected chi connectivity index (χ0v) is 16.3. The number of hydrogen-bond acceptors (Lipinski definition) is 6. The molecule has 4 atom stereocenters. The highest BCUT2D eigenvalue weighted by atomic mass is 16.6. The molecule has 150 valence electrons. The van der Waals surface area contributed by atoms with Gasteiger partial charge in [-0.3, -0.25) is 9.59 Å². The summed E-state index contributed by atoms with van der Waals surface area (Å²) >= 11 is 0. The summed E-state index contributed by atoms with van der Waals surface area (Å²) in [6.07, 6.45) is 8.02. The summed E-state index contributed by atoms with van der Waals surface area (Å²) in [4.78, 5) is 37.1. The molecule has 0 radical (unpaired) electrons. The van der Waals surface area contributed by atoms with Crippen LogP contribution < -0.4 is 0 Å². The van der Waals surface area contributed by atoms with Crippen molar-refractivity contribution in [2.75, 3.05) is 6.61 Å². The SMILES string of the molecule is CCCCCCCCCC(O)C1C(=O)OC2(C)C(=O)C3=C(COC3=O)CC12. The quantitative estimate of drug-likeness (QED) is 0.377. The van der Waals surface area contributed by atoms with Gasteiger partial charge in [0.05, 0.1) is 12.0 Å². The van der Waals surface area contributed by atoms with Crippen LogP contribution in [0.25, 0.3) is 0 Å². The van der Waals surface area contributed by atoms with E-state index in [0.29, 0.717) is 18.4 Å². The van der Waals surface area contributed by atoms with E-state index in [1.54, 1.807) is 6.92 Å². The number of hydrogen-bond donors (Lipinski definition) is 1. The Hall–Kier alpha value is -1.69. The van der Waals surface area contributed by atoms with E-state index in [2.05, 4.69) is 6.92 Å². The first-order valence-corrected chi connectivity index (χ1v) is 10.2. The van der Waals surface area contributed by atoms with E-state index in [-0.39, 0.29) is 12.2 Å². The smallest absolute Gasteiger partial charge is 0.342 e. The molecule has 0 amide bonds. The number of cyclic esters (lactones) is 1. The molecule has 3 rings (SSSR count). The Bertz CT molecular complexity index is 651. The molecule has 27 heavy (non-hydrogen) atoms. The minimum Gasteiger partial charge on any atom is -0.457 e. The van der Waals surface area contributed by atoms with Crippen LogP contribution in [-0.4, -0.2) is 41.1 Å². The lowest BCUT2D eigenvalue weighted by Crippen LogP contribution is -2.48. The lowest BCUT2D eigenvalue weighted by Gasteiger charge is -2.34. The molecule has 0 spiro atoms. The van der Waals surface area contributed by atoms with Crippen LogP contribution in [0.1, 0.15) is 71.6 Å². The average molecular weight is 378 g/mol. The fourth-order valence-corrected chi connectivity index (χ4v) is 4.68. The fourth-order valence-electron chi connectivity index (χ4n) is 4.68. The van der Waals surface area contributed by atoms with Crippen LogP contribution in [0.4, 0.5) is 0 Å². The summed E-state index contributed by atoms with van der Waals surface area (Å²) in [5.74, 6) is -2.79. The van der Waals surface area contributed by atoms with Gasteiger partial charge in [-0.15, -0.1) is 0 Å². The van der Waals surface area contributed by atoms with Gasteiger partial charge in [0.1, 0.15) is 12.2 Å². The van der Waals surface area contributed by atoms with Crippen molar-refractivity contribution in [1.82, 2.24) is 0 Å². The Labute approximate surface area is 160 Å². The Balaban J connectivity index is 1.60. The number of aliphatic hydroxyl groups excluding tert-OH is 1. The second-order valence-electron chi connectivity index (χ2n) is 8.23. The zero-order chi connectivity index (χ0) is 19.6. The minimum absolute atomic E-state index is 0.0452. The molecule has 1 aliphatic carbocycles. The van der Waals surface area contributed by atoms with Gasteiger partial charge in [0.15, 0.2) is 5.60 Å². The number of ether oxygens (including phenoxy) is 2. The van der Waals surface area contributed by atoms with Crippen molar-refractivity contribution < 1.29 is 29.0 Å². The molecule has 1 N–H and O–H groups in total. The summed E-state index contributed by atoms with van der Waals surface area (Å²) in [6, 6.07) is 0. The van der Waals surface area contributed by atoms with Crippen molar-refractivity contribution in [3.05, 3.63) is 11.1 Å². The Morgan fingerprint density at radius 3 is 2.48 bits per heavy atom. The first kappa shape index (κ1) is 20.1. The van der Waals surface area contributed by atoms with Gasteiger partial charge >= 0.3 is 11.9 Å². The van der Waals surface area contributed by atoms with E-state index < -0.39 is 41.3 Å². The first-order valence-electron chi connectivity index (χ1n) is 10.2. The number of rotatable bonds is 9. The van der Waals surface area contributed by atoms with Gasteiger partial charge in [-0.05, 0) is 25.3 Å². The van der Waals surface area contributed by atoms with Crippen molar-refractivity contribution in [3.63, 3.8) is 0 Å². The zero-order valence-electron chi connectivity index (χ0n) is 16.3. The predicted molar refractivity (Wildman–Crippen MR) is 97.7 cm³/mol. The summed E-state index contributed by atoms with van der Waals surface area (Å²) in [7, 11) is 0. The van der Waals surface area contributed by atoms with Crippen LogP contribution in [0.5, 0.6) is 0 Å². The lowest BCUT2D eigenvalue weighted by molar-refractivity contribution is -0.158. The topological polar surface area (TPSA) is 89.9 Å². The van der Waals surface area contributed by atoms with Crippen molar-refractivity contribution >= 4 is 17.7 Å². The van der Waals surface area contributed by atoms with E-state index in [1.807, 2.05) is 0 Å². The number of esters is 2. The molecular weight excluding hydrogens is 348 g/mol. The predicted octanol–water partition coefficient (Wildman–Crippen LogP) is 2.86. The molecule has 6 nitrogen and oxygen atoms in total. The van der Waals surface area contributed by atoms with Crippen LogP contribution >= 0.6 is 0 Å². The fraction of sp³-hybridized carbons (Fsp3) is 0.762. The number of aliphatic hydroxyl groups is 1. The van der Waals surface area contributed by atoms with E-state index in [4.69, 9.17) is 9.47 Å². The van der Waals surface area contributed by atoms with Gasteiger partial charge in [0.25, 0.3) is 0 Å². The van der Waals surface area contributed by atoms with Gasteiger partial charge in [-0.25, -0.2) is 4.79 Å². The van der Waals surface area contributed by atoms with Gasteiger partial charge in [0.2, 0.25) is 5.78 Å². The Kier molecular flexibility index (Phi) is 6.04. The normalized spacial score (nSPS) is 30.9. The highest BCUT2D eigenvalue weighted by Gasteiger charge is 2.63. The number of ketones is 1. The van der Waals surface area contributed by atoms with Gasteiger partial charge in [-0.1, -0.05) is 51.9 Å². The third-order valence-electron chi connectivity index (χ3n) is 6.32. The van der Waals surface area contributed by atoms with E-state index in [1.165, 1.54) is 25.7 Å². The molecule has 6 heteroatoms. The van der Waals surface area contributed by atoms with Crippen molar-refractivity contribution in [2.45, 2.75) is 83.3 Å². The summed E-state index contributed by atoms with van der Waals surface area (Å²) in [5.41, 5.74) is -0.687. The highest BCUT2D eigenvalue weighted by Crippen LogP contribution is 2.49. The van der Waals surface area contributed by atoms with E-state index in [0.717, 1.165) is 19.3 Å². The molecule has 0 aromatic rings. The second kappa shape index (κ2) is 8.13. The molecule has 0 aromatic heterocycles. The molecule has 4 unspecified atom stereocenters. The molecular formula is C21H30O6. The maximum Gasteiger partial charge on any atom is 0.342 e. The van der Waals surface area contributed by atoms with E-state index in [9.17, 15) is 19.5 Å². The average Bonchev–Trinajstić information content (AvgIpc) is 3.11. The standard InChI is InChI=1S/C21H30O6/c1-3-4-5-6-7-8-9-10-15(22)17-14-11-13-12-26-19(24)16(13)18(23)21(14,2)27-20(17)25/h14-15,17,22H,3-12H2,1-2H3. The third kappa shape index (κ3) is 3.68. The van der Waals surface area contributed by atoms with Crippen LogP contribution in [0.2, 0.25) is 0 Å². The minimum atomic E-state index is -1.37. The second-order valence-corrected chi connectivity index (χ2v) is 8.23. The molecule has 0 aromatic carbocycles. The Morgan fingerprint density at radius 2 is 1.78 bits per heavy atom. The van der Waals surface area contributed by atoms with Gasteiger partial charge in [-0.2, -0.15) is 0 Å². The van der Waals surface area contributed by atoms with Gasteiger partial charge < -0.3 is 14.6 Å². The number of carbonyl (C=O) groups is 3. The molecule has 2 heterocycles. The van der Waals surface area contributed by atoms with Gasteiger partial charge in [0, 0.05) is 5.92 Å².